The number of aromatic nitrogens is 2. The number of anilines is 1. The molecule has 0 saturated heterocycles. The lowest BCUT2D eigenvalue weighted by Gasteiger charge is -2.16. The van der Waals surface area contributed by atoms with E-state index in [1.807, 2.05) is 0 Å². The SMILES string of the molecule is C[C@H](Sc1nc2ccccc2c(=O)n1C1CC1)C(=O)Nc1cc(F)ccc1F. The average molecular weight is 401 g/mol. The number of hydrogen-bond acceptors (Lipinski definition) is 4. The van der Waals surface area contributed by atoms with Gasteiger partial charge in [0.1, 0.15) is 11.6 Å². The third kappa shape index (κ3) is 3.64. The van der Waals surface area contributed by atoms with Gasteiger partial charge in [0.2, 0.25) is 5.91 Å². The molecule has 0 aliphatic heterocycles. The highest BCUT2D eigenvalue weighted by Crippen LogP contribution is 2.37. The maximum Gasteiger partial charge on any atom is 0.262 e. The molecule has 1 aliphatic rings. The molecule has 2 aromatic carbocycles. The Labute approximate surface area is 163 Å². The molecule has 28 heavy (non-hydrogen) atoms. The van der Waals surface area contributed by atoms with E-state index in [-0.39, 0.29) is 17.3 Å². The highest BCUT2D eigenvalue weighted by molar-refractivity contribution is 8.00. The predicted octanol–water partition coefficient (Wildman–Crippen LogP) is 4.13. The maximum atomic E-state index is 13.8. The molecule has 1 aromatic heterocycles. The van der Waals surface area contributed by atoms with Crippen LogP contribution in [-0.2, 0) is 4.79 Å². The van der Waals surface area contributed by atoms with Crippen LogP contribution in [0.3, 0.4) is 0 Å². The minimum atomic E-state index is -0.717. The minimum Gasteiger partial charge on any atom is -0.323 e. The summed E-state index contributed by atoms with van der Waals surface area (Å²) in [6, 6.07) is 10.0. The van der Waals surface area contributed by atoms with Crippen LogP contribution in [0.5, 0.6) is 0 Å². The molecular formula is C20H17F2N3O2S. The Bertz CT molecular complexity index is 1130. The number of carbonyl (C=O) groups is 1. The van der Waals surface area contributed by atoms with E-state index in [0.29, 0.717) is 16.1 Å². The van der Waals surface area contributed by atoms with Crippen molar-refractivity contribution in [3.63, 3.8) is 0 Å². The van der Waals surface area contributed by atoms with E-state index in [0.717, 1.165) is 42.8 Å². The molecule has 1 fully saturated rings. The highest BCUT2D eigenvalue weighted by Gasteiger charge is 2.30. The molecular weight excluding hydrogens is 384 g/mol. The fraction of sp³-hybridized carbons (Fsp3) is 0.250. The molecule has 8 heteroatoms. The molecule has 0 radical (unpaired) electrons. The summed E-state index contributed by atoms with van der Waals surface area (Å²) in [7, 11) is 0. The molecule has 0 bridgehead atoms. The van der Waals surface area contributed by atoms with Gasteiger partial charge in [0.15, 0.2) is 5.16 Å². The Hall–Kier alpha value is -2.74. The molecule has 0 spiro atoms. The molecule has 1 aliphatic carbocycles. The van der Waals surface area contributed by atoms with Crippen LogP contribution in [0.2, 0.25) is 0 Å². The summed E-state index contributed by atoms with van der Waals surface area (Å²) in [6.45, 7) is 1.63. The van der Waals surface area contributed by atoms with Crippen molar-refractivity contribution in [1.82, 2.24) is 9.55 Å². The summed E-state index contributed by atoms with van der Waals surface area (Å²) in [6.07, 6.45) is 1.78. The van der Waals surface area contributed by atoms with Gasteiger partial charge in [-0.3, -0.25) is 14.2 Å². The van der Waals surface area contributed by atoms with Crippen LogP contribution in [0.1, 0.15) is 25.8 Å². The number of nitrogens with zero attached hydrogens (tertiary/aromatic N) is 2. The zero-order valence-electron chi connectivity index (χ0n) is 15.0. The largest absolute Gasteiger partial charge is 0.323 e. The van der Waals surface area contributed by atoms with E-state index in [1.165, 1.54) is 0 Å². The van der Waals surface area contributed by atoms with Gasteiger partial charge in [0.05, 0.1) is 21.8 Å². The van der Waals surface area contributed by atoms with Crippen LogP contribution in [0.25, 0.3) is 10.9 Å². The van der Waals surface area contributed by atoms with E-state index in [4.69, 9.17) is 0 Å². The van der Waals surface area contributed by atoms with Gasteiger partial charge < -0.3 is 5.32 Å². The lowest BCUT2D eigenvalue weighted by molar-refractivity contribution is -0.115. The number of carbonyl (C=O) groups excluding carboxylic acids is 1. The normalized spacial score (nSPS) is 14.8. The van der Waals surface area contributed by atoms with Crippen LogP contribution >= 0.6 is 11.8 Å². The number of thioether (sulfide) groups is 1. The van der Waals surface area contributed by atoms with E-state index >= 15 is 0 Å². The zero-order valence-corrected chi connectivity index (χ0v) is 15.8. The summed E-state index contributed by atoms with van der Waals surface area (Å²) in [5, 5.41) is 2.72. The second-order valence-electron chi connectivity index (χ2n) is 6.69. The van der Waals surface area contributed by atoms with Gasteiger partial charge >= 0.3 is 0 Å². The zero-order chi connectivity index (χ0) is 19.8. The minimum absolute atomic E-state index is 0.0861. The third-order valence-electron chi connectivity index (χ3n) is 4.53. The Morgan fingerprint density at radius 1 is 1.25 bits per heavy atom. The monoisotopic (exact) mass is 401 g/mol. The predicted molar refractivity (Wildman–Crippen MR) is 105 cm³/mol. The first-order valence-electron chi connectivity index (χ1n) is 8.88. The average Bonchev–Trinajstić information content (AvgIpc) is 3.50. The lowest BCUT2D eigenvalue weighted by atomic mass is 10.2. The first-order chi connectivity index (χ1) is 13.4. The van der Waals surface area contributed by atoms with Crippen molar-refractivity contribution in [3.8, 4) is 0 Å². The Morgan fingerprint density at radius 3 is 2.75 bits per heavy atom. The lowest BCUT2D eigenvalue weighted by Crippen LogP contribution is -2.27. The number of para-hydroxylation sites is 1. The number of nitrogens with one attached hydrogen (secondary N) is 1. The Kier molecular flexibility index (Phi) is 4.89. The van der Waals surface area contributed by atoms with Crippen LogP contribution in [0, 0.1) is 11.6 Å². The van der Waals surface area contributed by atoms with Crippen molar-refractivity contribution in [2.45, 2.75) is 36.2 Å². The number of hydrogen-bond donors (Lipinski definition) is 1. The number of fused-ring (bicyclic) bond motifs is 1. The smallest absolute Gasteiger partial charge is 0.262 e. The summed E-state index contributed by atoms with van der Waals surface area (Å²) in [5.41, 5.74) is 0.221. The summed E-state index contributed by atoms with van der Waals surface area (Å²) >= 11 is 1.13. The fourth-order valence-corrected chi connectivity index (χ4v) is 3.88. The molecule has 1 saturated carbocycles. The van der Waals surface area contributed by atoms with Gasteiger partial charge in [0, 0.05) is 12.1 Å². The van der Waals surface area contributed by atoms with Crippen molar-refractivity contribution in [3.05, 3.63) is 64.5 Å². The first-order valence-corrected chi connectivity index (χ1v) is 9.76. The fourth-order valence-electron chi connectivity index (χ4n) is 2.90. The molecule has 0 unspecified atom stereocenters. The summed E-state index contributed by atoms with van der Waals surface area (Å²) in [4.78, 5) is 29.9. The van der Waals surface area contributed by atoms with E-state index in [1.54, 1.807) is 35.8 Å². The molecule has 1 amide bonds. The van der Waals surface area contributed by atoms with Crippen molar-refractivity contribution in [2.24, 2.45) is 0 Å². The Balaban J connectivity index is 1.62. The van der Waals surface area contributed by atoms with Gasteiger partial charge in [-0.25, -0.2) is 13.8 Å². The van der Waals surface area contributed by atoms with Gasteiger partial charge in [-0.15, -0.1) is 0 Å². The number of halogens is 2. The maximum absolute atomic E-state index is 13.8. The third-order valence-corrected chi connectivity index (χ3v) is 5.59. The number of benzene rings is 2. The first kappa shape index (κ1) is 18.6. The second-order valence-corrected chi connectivity index (χ2v) is 8.00. The van der Waals surface area contributed by atoms with Gasteiger partial charge in [-0.1, -0.05) is 23.9 Å². The second kappa shape index (κ2) is 7.35. The highest BCUT2D eigenvalue weighted by atomic mass is 32.2. The van der Waals surface area contributed by atoms with Crippen molar-refractivity contribution < 1.29 is 13.6 Å². The molecule has 3 aromatic rings. The van der Waals surface area contributed by atoms with E-state index < -0.39 is 22.8 Å². The van der Waals surface area contributed by atoms with Crippen LogP contribution in [0.4, 0.5) is 14.5 Å². The number of amides is 1. The summed E-state index contributed by atoms with van der Waals surface area (Å²) in [5.74, 6) is -1.86. The molecule has 5 nitrogen and oxygen atoms in total. The molecule has 1 atom stereocenters. The van der Waals surface area contributed by atoms with Crippen LogP contribution < -0.4 is 10.9 Å². The Morgan fingerprint density at radius 2 is 2.00 bits per heavy atom. The van der Waals surface area contributed by atoms with E-state index in [9.17, 15) is 18.4 Å². The quantitative estimate of drug-likeness (QED) is 0.516. The van der Waals surface area contributed by atoms with Crippen molar-refractivity contribution in [2.75, 3.05) is 5.32 Å². The molecule has 1 N–H and O–H groups in total. The van der Waals surface area contributed by atoms with Crippen molar-refractivity contribution in [1.29, 1.82) is 0 Å². The van der Waals surface area contributed by atoms with Crippen LogP contribution in [-0.4, -0.2) is 20.7 Å². The van der Waals surface area contributed by atoms with Crippen molar-refractivity contribution >= 4 is 34.3 Å². The molecule has 1 heterocycles. The molecule has 144 valence electrons. The van der Waals surface area contributed by atoms with E-state index in [2.05, 4.69) is 10.3 Å². The summed E-state index contributed by atoms with van der Waals surface area (Å²) < 4.78 is 28.7. The topological polar surface area (TPSA) is 64.0 Å². The number of rotatable bonds is 5. The van der Waals surface area contributed by atoms with Gasteiger partial charge in [0.25, 0.3) is 5.56 Å². The molecule has 4 rings (SSSR count). The van der Waals surface area contributed by atoms with Gasteiger partial charge in [-0.2, -0.15) is 0 Å². The van der Waals surface area contributed by atoms with Crippen LogP contribution in [0.15, 0.2) is 52.4 Å². The van der Waals surface area contributed by atoms with Gasteiger partial charge in [-0.05, 0) is 44.0 Å². The standard InChI is InChI=1S/C20H17F2N3O2S/c1-11(18(26)23-17-10-12(21)6-9-15(17)22)28-20-24-16-5-3-2-4-14(16)19(27)25(20)13-7-8-13/h2-6,9-11,13H,7-8H2,1H3,(H,23,26)/t11-/m0/s1.